The zero-order valence-corrected chi connectivity index (χ0v) is 12.6. The van der Waals surface area contributed by atoms with Gasteiger partial charge in [0.25, 0.3) is 0 Å². The van der Waals surface area contributed by atoms with Crippen LogP contribution in [0.25, 0.3) is 0 Å². The number of thioether (sulfide) groups is 1. The van der Waals surface area contributed by atoms with Gasteiger partial charge in [-0.1, -0.05) is 34.6 Å². The zero-order chi connectivity index (χ0) is 13.9. The zero-order valence-electron chi connectivity index (χ0n) is 11.8. The van der Waals surface area contributed by atoms with E-state index in [1.165, 1.54) is 0 Å². The minimum Gasteiger partial charge on any atom is -0.344 e. The molecule has 0 aromatic rings. The van der Waals surface area contributed by atoms with Crippen molar-refractivity contribution in [1.29, 1.82) is 0 Å². The van der Waals surface area contributed by atoms with E-state index >= 15 is 0 Å². The van der Waals surface area contributed by atoms with Crippen molar-refractivity contribution < 1.29 is 9.59 Å². The number of carbonyl (C=O) groups is 2. The molecule has 5 heteroatoms. The second-order valence-electron chi connectivity index (χ2n) is 5.46. The minimum absolute atomic E-state index is 0.0482. The van der Waals surface area contributed by atoms with Crippen molar-refractivity contribution in [3.8, 4) is 0 Å². The molecule has 4 nitrogen and oxygen atoms in total. The van der Waals surface area contributed by atoms with Crippen molar-refractivity contribution in [3.63, 3.8) is 0 Å². The van der Waals surface area contributed by atoms with Gasteiger partial charge in [-0.25, -0.2) is 0 Å². The summed E-state index contributed by atoms with van der Waals surface area (Å²) in [4.78, 5) is 24.2. The smallest absolute Gasteiger partial charge is 0.238 e. The molecule has 1 rings (SSSR count). The predicted octanol–water partition coefficient (Wildman–Crippen LogP) is 1.20. The molecule has 1 amide bonds. The lowest BCUT2D eigenvalue weighted by Gasteiger charge is -2.22. The number of ketones is 1. The molecule has 0 bridgehead atoms. The molecule has 104 valence electrons. The quantitative estimate of drug-likeness (QED) is 0.807. The molecule has 0 aliphatic carbocycles. The minimum atomic E-state index is -0.360. The standard InChI is InChI=1S/C13H24N2O2S/c1-7(2)12(16)11-9(5)18-6-10(13(17)15-11)14-8(3)4/h7-11,14H,6H2,1-5H3,(H,15,17)/t9-,10+,11+/m1/s1. The van der Waals surface area contributed by atoms with Crippen LogP contribution in [0.5, 0.6) is 0 Å². The molecule has 3 atom stereocenters. The molecule has 0 aromatic heterocycles. The summed E-state index contributed by atoms with van der Waals surface area (Å²) in [6.45, 7) is 9.79. The van der Waals surface area contributed by atoms with Gasteiger partial charge in [0.05, 0.1) is 12.1 Å². The highest BCUT2D eigenvalue weighted by Crippen LogP contribution is 2.21. The molecular weight excluding hydrogens is 248 g/mol. The Hall–Kier alpha value is -0.550. The van der Waals surface area contributed by atoms with Gasteiger partial charge in [0.2, 0.25) is 5.91 Å². The van der Waals surface area contributed by atoms with E-state index in [0.29, 0.717) is 5.75 Å². The number of Topliss-reactive ketones (excluding diaryl/α,β-unsaturated/α-hetero) is 1. The van der Waals surface area contributed by atoms with Crippen LogP contribution in [0.3, 0.4) is 0 Å². The average Bonchev–Trinajstić information content (AvgIpc) is 2.40. The lowest BCUT2D eigenvalue weighted by molar-refractivity contribution is -0.130. The molecule has 1 saturated heterocycles. The fraction of sp³-hybridized carbons (Fsp3) is 0.846. The molecule has 0 unspecified atom stereocenters. The molecule has 0 radical (unpaired) electrons. The molecule has 1 heterocycles. The molecular formula is C13H24N2O2S. The first-order chi connectivity index (χ1) is 8.32. The van der Waals surface area contributed by atoms with Gasteiger partial charge in [-0.05, 0) is 0 Å². The van der Waals surface area contributed by atoms with E-state index in [1.54, 1.807) is 11.8 Å². The van der Waals surface area contributed by atoms with Crippen LogP contribution >= 0.6 is 11.8 Å². The summed E-state index contributed by atoms with van der Waals surface area (Å²) in [6.07, 6.45) is 0. The summed E-state index contributed by atoms with van der Waals surface area (Å²) in [5, 5.41) is 6.26. The first-order valence-corrected chi connectivity index (χ1v) is 7.59. The van der Waals surface area contributed by atoms with Gasteiger partial charge in [-0.15, -0.1) is 0 Å². The van der Waals surface area contributed by atoms with Crippen LogP contribution in [0.1, 0.15) is 34.6 Å². The van der Waals surface area contributed by atoms with E-state index in [1.807, 2.05) is 34.6 Å². The Labute approximate surface area is 114 Å². The lowest BCUT2D eigenvalue weighted by Crippen LogP contribution is -2.52. The van der Waals surface area contributed by atoms with E-state index in [4.69, 9.17) is 0 Å². The molecule has 1 aliphatic heterocycles. The van der Waals surface area contributed by atoms with E-state index in [-0.39, 0.29) is 41.0 Å². The number of rotatable bonds is 4. The Bertz CT molecular complexity index is 318. The fourth-order valence-electron chi connectivity index (χ4n) is 1.98. The van der Waals surface area contributed by atoms with E-state index in [9.17, 15) is 9.59 Å². The van der Waals surface area contributed by atoms with Crippen LogP contribution in [0.4, 0.5) is 0 Å². The largest absolute Gasteiger partial charge is 0.344 e. The first kappa shape index (κ1) is 15.5. The Morgan fingerprint density at radius 3 is 2.50 bits per heavy atom. The van der Waals surface area contributed by atoms with Crippen molar-refractivity contribution >= 4 is 23.5 Å². The highest BCUT2D eigenvalue weighted by atomic mass is 32.2. The summed E-state index contributed by atoms with van der Waals surface area (Å²) in [6, 6.07) is -0.308. The van der Waals surface area contributed by atoms with E-state index in [0.717, 1.165) is 0 Å². The topological polar surface area (TPSA) is 58.2 Å². The van der Waals surface area contributed by atoms with E-state index in [2.05, 4.69) is 10.6 Å². The Kier molecular flexibility index (Phi) is 5.66. The predicted molar refractivity (Wildman–Crippen MR) is 75.8 cm³/mol. The maximum absolute atomic E-state index is 12.1. The van der Waals surface area contributed by atoms with Crippen LogP contribution in [-0.4, -0.2) is 40.8 Å². The molecule has 0 saturated carbocycles. The number of hydrogen-bond acceptors (Lipinski definition) is 4. The molecule has 2 N–H and O–H groups in total. The molecule has 18 heavy (non-hydrogen) atoms. The number of carbonyl (C=O) groups excluding carboxylic acids is 2. The number of nitrogens with one attached hydrogen (secondary N) is 2. The van der Waals surface area contributed by atoms with Crippen molar-refractivity contribution in [3.05, 3.63) is 0 Å². The summed E-state index contributed by atoms with van der Waals surface area (Å²) in [5.41, 5.74) is 0. The van der Waals surface area contributed by atoms with Crippen LogP contribution < -0.4 is 10.6 Å². The third kappa shape index (κ3) is 3.99. The number of amides is 1. The van der Waals surface area contributed by atoms with E-state index < -0.39 is 0 Å². The summed E-state index contributed by atoms with van der Waals surface area (Å²) in [7, 11) is 0. The van der Waals surface area contributed by atoms with Gasteiger partial charge in [0.15, 0.2) is 5.78 Å². The second-order valence-corrected chi connectivity index (χ2v) is 6.87. The molecule has 0 aromatic carbocycles. The van der Waals surface area contributed by atoms with Crippen molar-refractivity contribution in [1.82, 2.24) is 10.6 Å². The average molecular weight is 272 g/mol. The van der Waals surface area contributed by atoms with Crippen LogP contribution in [0, 0.1) is 5.92 Å². The second kappa shape index (κ2) is 6.57. The van der Waals surface area contributed by atoms with Gasteiger partial charge in [0.1, 0.15) is 0 Å². The normalized spacial score (nSPS) is 29.3. The molecule has 1 fully saturated rings. The van der Waals surface area contributed by atoms with Crippen molar-refractivity contribution in [2.24, 2.45) is 5.92 Å². The van der Waals surface area contributed by atoms with Crippen LogP contribution in [0.2, 0.25) is 0 Å². The highest BCUT2D eigenvalue weighted by Gasteiger charge is 2.35. The highest BCUT2D eigenvalue weighted by molar-refractivity contribution is 8.00. The number of hydrogen-bond donors (Lipinski definition) is 2. The van der Waals surface area contributed by atoms with Crippen molar-refractivity contribution in [2.45, 2.75) is 58.0 Å². The third-order valence-corrected chi connectivity index (χ3v) is 4.34. The van der Waals surface area contributed by atoms with Gasteiger partial charge >= 0.3 is 0 Å². The van der Waals surface area contributed by atoms with Gasteiger partial charge in [0, 0.05) is 23.0 Å². The monoisotopic (exact) mass is 272 g/mol. The third-order valence-electron chi connectivity index (χ3n) is 3.02. The maximum atomic E-state index is 12.1. The molecule has 1 aliphatic rings. The van der Waals surface area contributed by atoms with Crippen molar-refractivity contribution in [2.75, 3.05) is 5.75 Å². The van der Waals surface area contributed by atoms with Gasteiger partial charge in [-0.2, -0.15) is 11.8 Å². The van der Waals surface area contributed by atoms with Gasteiger partial charge < -0.3 is 10.6 Å². The Balaban J connectivity index is 2.75. The SMILES string of the molecule is CC(C)N[C@H]1CS[C@H](C)[C@@H](C(=O)C(C)C)NC1=O. The molecule has 0 spiro atoms. The Morgan fingerprint density at radius 2 is 2.00 bits per heavy atom. The Morgan fingerprint density at radius 1 is 1.39 bits per heavy atom. The van der Waals surface area contributed by atoms with Crippen LogP contribution in [0.15, 0.2) is 0 Å². The maximum Gasteiger partial charge on any atom is 0.238 e. The summed E-state index contributed by atoms with van der Waals surface area (Å²) < 4.78 is 0. The van der Waals surface area contributed by atoms with Gasteiger partial charge in [-0.3, -0.25) is 9.59 Å². The lowest BCUT2D eigenvalue weighted by atomic mass is 9.99. The first-order valence-electron chi connectivity index (χ1n) is 6.54. The fourth-order valence-corrected chi connectivity index (χ4v) is 3.12. The summed E-state index contributed by atoms with van der Waals surface area (Å²) in [5.74, 6) is 0.730. The summed E-state index contributed by atoms with van der Waals surface area (Å²) >= 11 is 1.68. The van der Waals surface area contributed by atoms with Crippen LogP contribution in [-0.2, 0) is 9.59 Å².